The van der Waals surface area contributed by atoms with Crippen molar-refractivity contribution < 1.29 is 0 Å². The number of hydrogen-bond donors (Lipinski definition) is 0. The molecule has 18 valence electrons. The van der Waals surface area contributed by atoms with Gasteiger partial charge in [0.1, 0.15) is 0 Å². The molecule has 0 fully saturated rings. The molecule has 0 saturated heterocycles. The quantitative estimate of drug-likeness (QED) is 0.282. The van der Waals surface area contributed by atoms with E-state index in [0.717, 1.165) is 0 Å². The summed E-state index contributed by atoms with van der Waals surface area (Å²) in [7, 11) is 9.29. The Morgan fingerprint density at radius 1 is 1.75 bits per heavy atom. The third kappa shape index (κ3) is 26.9. The molecule has 0 spiro atoms. The molecule has 0 aliphatic rings. The molecule has 0 N–H and O–H groups in total. The van der Waals surface area contributed by atoms with Gasteiger partial charge in [-0.25, -0.2) is 0 Å². The first-order valence-electron chi connectivity index (χ1n) is 0.964. The number of hydrogen-bond acceptors (Lipinski definition) is 0. The summed E-state index contributed by atoms with van der Waals surface area (Å²) in [4.78, 5) is 0. The molecule has 0 aromatic heterocycles. The van der Waals surface area contributed by atoms with Gasteiger partial charge in [-0.2, -0.15) is 0 Å². The fourth-order valence-electron chi connectivity index (χ4n) is 0. The summed E-state index contributed by atoms with van der Waals surface area (Å²) in [5, 5.41) is 0. The zero-order valence-electron chi connectivity index (χ0n) is 2.60. The first-order chi connectivity index (χ1) is 1.73. The van der Waals surface area contributed by atoms with Crippen molar-refractivity contribution >= 4 is 21.7 Å². The number of rotatable bonds is 0. The van der Waals surface area contributed by atoms with Crippen LogP contribution in [0.1, 0.15) is 0 Å². The minimum atomic E-state index is -0.620. The van der Waals surface area contributed by atoms with Crippen LogP contribution in [0.15, 0.2) is 0 Å². The van der Waals surface area contributed by atoms with Crippen LogP contribution in [0.25, 0.3) is 0 Å². The van der Waals surface area contributed by atoms with Crippen molar-refractivity contribution in [3.05, 3.63) is 0 Å². The molecule has 0 rings (SSSR count). The van der Waals surface area contributed by atoms with Gasteiger partial charge in [-0.3, -0.25) is 0 Å². The third-order valence-corrected chi connectivity index (χ3v) is 0. The average Bonchev–Trinajstić information content (AvgIpc) is 0.811. The van der Waals surface area contributed by atoms with E-state index in [1.165, 1.54) is 0 Å². The van der Waals surface area contributed by atoms with Crippen molar-refractivity contribution in [2.45, 2.75) is 0 Å². The van der Waals surface area contributed by atoms with Crippen LogP contribution < -0.4 is 0 Å². The van der Waals surface area contributed by atoms with E-state index in [2.05, 4.69) is 0 Å². The second kappa shape index (κ2) is 1.72. The molecule has 2 radical (unpaired) electrons. The summed E-state index contributed by atoms with van der Waals surface area (Å²) in [5.41, 5.74) is 0. The monoisotopic (exact) mass is 68.0 g/mol. The Labute approximate surface area is 29.3 Å². The minimum absolute atomic E-state index is 0.620. The van der Waals surface area contributed by atoms with E-state index in [9.17, 15) is 0 Å². The molecule has 4 heavy (non-hydrogen) atoms. The van der Waals surface area contributed by atoms with Gasteiger partial charge >= 0.3 is 28.4 Å². The Kier molecular flexibility index (Phi) is 1.91. The van der Waals surface area contributed by atoms with Gasteiger partial charge in [-0.15, -0.1) is 0 Å². The maximum absolute atomic E-state index is 4.95. The normalized spacial score (nSPS) is 11.2. The van der Waals surface area contributed by atoms with E-state index in [4.69, 9.17) is 14.6 Å². The first kappa shape index (κ1) is 4.43. The molecular weight excluding hydrogens is 64.6 g/mol. The molecule has 0 heterocycles. The topological polar surface area (TPSA) is 0 Å². The van der Waals surface area contributed by atoms with Gasteiger partial charge in [-0.05, 0) is 0 Å². The van der Waals surface area contributed by atoms with Crippen molar-refractivity contribution in [2.24, 2.45) is 0 Å². The molecule has 0 bridgehead atoms. The molecule has 0 nitrogen and oxygen atoms in total. The summed E-state index contributed by atoms with van der Waals surface area (Å²) in [5.74, 6) is 0. The van der Waals surface area contributed by atoms with E-state index in [1.54, 1.807) is 6.66 Å². The van der Waals surface area contributed by atoms with Gasteiger partial charge in [0.05, 0.1) is 0 Å². The SMILES string of the molecule is [B]P(#B)C. The van der Waals surface area contributed by atoms with Crippen LogP contribution >= 0.6 is 7.12 Å². The molecule has 1 atom stereocenters. The van der Waals surface area contributed by atoms with E-state index < -0.39 is 7.12 Å². The molecule has 0 aliphatic heterocycles. The molecule has 0 aromatic rings. The third-order valence-electron chi connectivity index (χ3n) is 0. The average molecular weight is 67.6 g/mol. The van der Waals surface area contributed by atoms with Crippen LogP contribution in [0, 0.1) is 0 Å². The first-order valence-corrected chi connectivity index (χ1v) is 2.89. The predicted octanol–water partition coefficient (Wildman–Crippen LogP) is 0.265. The zero-order chi connectivity index (χ0) is 3.58. The summed E-state index contributed by atoms with van der Waals surface area (Å²) in [6, 6.07) is 0. The molecule has 0 amide bonds. The molecule has 0 aromatic carbocycles. The molecule has 0 aliphatic carbocycles. The van der Waals surface area contributed by atoms with Gasteiger partial charge in [-0.1, -0.05) is 0 Å². The van der Waals surface area contributed by atoms with Gasteiger partial charge in [0, 0.05) is 0 Å². The van der Waals surface area contributed by atoms with Crippen molar-refractivity contribution in [1.82, 2.24) is 0 Å². The van der Waals surface area contributed by atoms with Crippen LogP contribution in [-0.2, 0) is 0 Å². The Morgan fingerprint density at radius 3 is 1.75 bits per heavy atom. The Bertz CT molecular complexity index is 52.2. The van der Waals surface area contributed by atoms with Gasteiger partial charge in [0.2, 0.25) is 0 Å². The summed E-state index contributed by atoms with van der Waals surface area (Å²) in [6.45, 7) is 1.79. The molecule has 3 heteroatoms. The Hall–Kier alpha value is 0.430. The van der Waals surface area contributed by atoms with Crippen molar-refractivity contribution in [1.29, 1.82) is 0 Å². The van der Waals surface area contributed by atoms with Crippen LogP contribution in [0.3, 0.4) is 0 Å². The van der Waals surface area contributed by atoms with Crippen molar-refractivity contribution in [2.75, 3.05) is 6.66 Å². The van der Waals surface area contributed by atoms with Crippen molar-refractivity contribution in [3.8, 4) is 0 Å². The Morgan fingerprint density at radius 2 is 1.75 bits per heavy atom. The van der Waals surface area contributed by atoms with Gasteiger partial charge in [0.15, 0.2) is 0 Å². The zero-order valence-corrected chi connectivity index (χ0v) is 3.50. The van der Waals surface area contributed by atoms with Crippen LogP contribution in [0.2, 0.25) is 0 Å². The Balaban J connectivity index is 3.02. The van der Waals surface area contributed by atoms with Crippen molar-refractivity contribution in [3.63, 3.8) is 0 Å². The van der Waals surface area contributed by atoms with E-state index in [-0.39, 0.29) is 0 Å². The van der Waals surface area contributed by atoms with Gasteiger partial charge < -0.3 is 0 Å². The fraction of sp³-hybridized carbons (Fsp3) is 1.00. The molecule has 1 unspecified atom stereocenters. The maximum atomic E-state index is 4.95. The fourth-order valence-corrected chi connectivity index (χ4v) is 0. The summed E-state index contributed by atoms with van der Waals surface area (Å²) in [6.07, 6.45) is 0. The van der Waals surface area contributed by atoms with Crippen LogP contribution in [0.5, 0.6) is 0 Å². The van der Waals surface area contributed by atoms with E-state index >= 15 is 0 Å². The predicted molar refractivity (Wildman–Crippen MR) is 24.4 cm³/mol. The summed E-state index contributed by atoms with van der Waals surface area (Å²) < 4.78 is 0. The second-order valence-electron chi connectivity index (χ2n) is 0.665. The van der Waals surface area contributed by atoms with Gasteiger partial charge in [0.25, 0.3) is 0 Å². The standard InChI is InChI=1S/CH3B2P/c1-4(2)3/h1H3. The second-order valence-corrected chi connectivity index (χ2v) is 2.00. The van der Waals surface area contributed by atoms with Crippen LogP contribution in [0.4, 0.5) is 0 Å². The molecular formula is CH3B2P. The van der Waals surface area contributed by atoms with E-state index in [1.807, 2.05) is 0 Å². The van der Waals surface area contributed by atoms with Crippen LogP contribution in [-0.4, -0.2) is 21.2 Å². The summed E-state index contributed by atoms with van der Waals surface area (Å²) >= 11 is 0. The molecule has 0 saturated carbocycles. The van der Waals surface area contributed by atoms with E-state index in [0.29, 0.717) is 0 Å².